The largest absolute Gasteiger partial charge is 0.207 e. The summed E-state index contributed by atoms with van der Waals surface area (Å²) in [5, 5.41) is 0. The average Bonchev–Trinajstić information content (AvgIpc) is 2.14. The zero-order valence-electron chi connectivity index (χ0n) is 7.74. The van der Waals surface area contributed by atoms with Gasteiger partial charge in [0.2, 0.25) is 0 Å². The van der Waals surface area contributed by atoms with Crippen molar-refractivity contribution in [3.8, 4) is 0 Å². The molecular formula is C11H13F. The van der Waals surface area contributed by atoms with Crippen LogP contribution in [0, 0.1) is 0 Å². The molecule has 0 N–H and O–H groups in total. The second-order valence-corrected chi connectivity index (χ2v) is 2.98. The van der Waals surface area contributed by atoms with E-state index < -0.39 is 0 Å². The molecule has 0 aliphatic heterocycles. The van der Waals surface area contributed by atoms with E-state index in [9.17, 15) is 4.39 Å². The molecule has 0 saturated carbocycles. The lowest BCUT2D eigenvalue weighted by molar-refractivity contribution is 0.654. The number of rotatable bonds is 1. The van der Waals surface area contributed by atoms with Crippen molar-refractivity contribution in [2.45, 2.75) is 27.2 Å². The van der Waals surface area contributed by atoms with E-state index in [0.717, 1.165) is 17.6 Å². The molecule has 12 heavy (non-hydrogen) atoms. The van der Waals surface area contributed by atoms with Crippen LogP contribution in [-0.4, -0.2) is 0 Å². The zero-order valence-corrected chi connectivity index (χ0v) is 7.74. The Morgan fingerprint density at radius 1 is 1.42 bits per heavy atom. The first-order valence-corrected chi connectivity index (χ1v) is 4.15. The maximum atomic E-state index is 13.2. The molecule has 64 valence electrons. The van der Waals surface area contributed by atoms with Gasteiger partial charge >= 0.3 is 0 Å². The van der Waals surface area contributed by atoms with Gasteiger partial charge in [0, 0.05) is 0 Å². The van der Waals surface area contributed by atoms with E-state index in [4.69, 9.17) is 0 Å². The van der Waals surface area contributed by atoms with Crippen LogP contribution in [0.3, 0.4) is 0 Å². The molecule has 0 aromatic rings. The molecule has 0 aromatic heterocycles. The second-order valence-electron chi connectivity index (χ2n) is 2.98. The molecule has 1 aliphatic rings. The molecule has 1 aliphatic carbocycles. The maximum Gasteiger partial charge on any atom is 0.127 e. The highest BCUT2D eigenvalue weighted by atomic mass is 19.1. The zero-order chi connectivity index (χ0) is 9.14. The summed E-state index contributed by atoms with van der Waals surface area (Å²) >= 11 is 0. The molecule has 0 nitrogen and oxygen atoms in total. The van der Waals surface area contributed by atoms with Crippen molar-refractivity contribution in [3.63, 3.8) is 0 Å². The van der Waals surface area contributed by atoms with Crippen LogP contribution in [0.2, 0.25) is 0 Å². The standard InChI is InChI=1S/C11H13F/c1-4-10-6-5-8(2)7-11(12)9(10)3/h5,7H,4H2,1-3H3. The molecule has 0 radical (unpaired) electrons. The fourth-order valence-corrected chi connectivity index (χ4v) is 1.17. The van der Waals surface area contributed by atoms with Gasteiger partial charge in [0.05, 0.1) is 0 Å². The van der Waals surface area contributed by atoms with Gasteiger partial charge in [0.1, 0.15) is 5.83 Å². The molecule has 0 aromatic carbocycles. The van der Waals surface area contributed by atoms with E-state index in [1.165, 1.54) is 0 Å². The predicted octanol–water partition coefficient (Wildman–Crippen LogP) is 3.68. The summed E-state index contributed by atoms with van der Waals surface area (Å²) in [6, 6.07) is 0. The van der Waals surface area contributed by atoms with Gasteiger partial charge in [-0.2, -0.15) is 0 Å². The summed E-state index contributed by atoms with van der Waals surface area (Å²) in [6.45, 7) is 5.68. The molecule has 0 fully saturated rings. The Morgan fingerprint density at radius 2 is 2.08 bits per heavy atom. The highest BCUT2D eigenvalue weighted by molar-refractivity contribution is 5.41. The van der Waals surface area contributed by atoms with Crippen LogP contribution in [0.5, 0.6) is 0 Å². The molecule has 0 unspecified atom stereocenters. The highest BCUT2D eigenvalue weighted by Gasteiger charge is 2.05. The summed E-state index contributed by atoms with van der Waals surface area (Å²) in [5.41, 5.74) is 5.67. The van der Waals surface area contributed by atoms with Gasteiger partial charge < -0.3 is 0 Å². The van der Waals surface area contributed by atoms with E-state index in [0.29, 0.717) is 5.57 Å². The smallest absolute Gasteiger partial charge is 0.127 e. The number of halogens is 1. The lowest BCUT2D eigenvalue weighted by Gasteiger charge is -2.00. The summed E-state index contributed by atoms with van der Waals surface area (Å²) in [5.74, 6) is -0.134. The van der Waals surface area contributed by atoms with Gasteiger partial charge in [-0.05, 0) is 49.1 Å². The first-order valence-electron chi connectivity index (χ1n) is 4.15. The third kappa shape index (κ3) is 1.75. The Kier molecular flexibility index (Phi) is 2.67. The topological polar surface area (TPSA) is 0 Å². The number of allylic oxidation sites excluding steroid dienone is 5. The molecule has 0 bridgehead atoms. The molecule has 1 rings (SSSR count). The fraction of sp³-hybridized carbons (Fsp3) is 0.364. The molecule has 0 atom stereocenters. The van der Waals surface area contributed by atoms with Crippen LogP contribution >= 0.6 is 0 Å². The minimum absolute atomic E-state index is 0.134. The Bertz CT molecular complexity index is 310. The summed E-state index contributed by atoms with van der Waals surface area (Å²) in [6.07, 6.45) is 4.21. The van der Waals surface area contributed by atoms with Crippen LogP contribution in [0.15, 0.2) is 40.4 Å². The summed E-state index contributed by atoms with van der Waals surface area (Å²) in [4.78, 5) is 0. The van der Waals surface area contributed by atoms with E-state index >= 15 is 0 Å². The molecule has 0 spiro atoms. The van der Waals surface area contributed by atoms with E-state index in [2.05, 4.69) is 5.73 Å². The van der Waals surface area contributed by atoms with Crippen LogP contribution in [-0.2, 0) is 0 Å². The van der Waals surface area contributed by atoms with Gasteiger partial charge in [0.15, 0.2) is 0 Å². The minimum Gasteiger partial charge on any atom is -0.207 e. The van der Waals surface area contributed by atoms with Crippen LogP contribution in [0.1, 0.15) is 27.2 Å². The van der Waals surface area contributed by atoms with Gasteiger partial charge in [-0.3, -0.25) is 0 Å². The molecule has 0 saturated heterocycles. The Balaban J connectivity index is 3.22. The van der Waals surface area contributed by atoms with Crippen molar-refractivity contribution in [2.24, 2.45) is 0 Å². The van der Waals surface area contributed by atoms with E-state index in [1.54, 1.807) is 13.0 Å². The lowest BCUT2D eigenvalue weighted by Crippen LogP contribution is -1.83. The monoisotopic (exact) mass is 164 g/mol. The second kappa shape index (κ2) is 3.55. The molecule has 0 amide bonds. The molecule has 1 heteroatoms. The first-order chi connectivity index (χ1) is 5.65. The van der Waals surface area contributed by atoms with E-state index in [1.807, 2.05) is 19.9 Å². The minimum atomic E-state index is -0.134. The third-order valence-electron chi connectivity index (χ3n) is 1.99. The van der Waals surface area contributed by atoms with Crippen molar-refractivity contribution in [3.05, 3.63) is 40.4 Å². The van der Waals surface area contributed by atoms with Gasteiger partial charge in [-0.1, -0.05) is 6.92 Å². The van der Waals surface area contributed by atoms with E-state index in [-0.39, 0.29) is 5.83 Å². The normalized spacial score (nSPS) is 17.3. The molecule has 0 heterocycles. The van der Waals surface area contributed by atoms with Crippen molar-refractivity contribution in [2.75, 3.05) is 0 Å². The van der Waals surface area contributed by atoms with Crippen molar-refractivity contribution in [1.82, 2.24) is 0 Å². The SMILES string of the molecule is CCC1=C=CC(C)=CC(F)=C1C. The summed E-state index contributed by atoms with van der Waals surface area (Å²) in [7, 11) is 0. The van der Waals surface area contributed by atoms with Crippen LogP contribution in [0.4, 0.5) is 4.39 Å². The van der Waals surface area contributed by atoms with Crippen LogP contribution in [0.25, 0.3) is 0 Å². The van der Waals surface area contributed by atoms with Gasteiger partial charge in [-0.15, -0.1) is 5.73 Å². The molecular weight excluding hydrogens is 151 g/mol. The lowest BCUT2D eigenvalue weighted by atomic mass is 10.1. The number of hydrogen-bond acceptors (Lipinski definition) is 0. The fourth-order valence-electron chi connectivity index (χ4n) is 1.17. The Morgan fingerprint density at radius 3 is 2.67 bits per heavy atom. The van der Waals surface area contributed by atoms with Crippen molar-refractivity contribution >= 4 is 0 Å². The average molecular weight is 164 g/mol. The maximum absolute atomic E-state index is 13.2. The Labute approximate surface area is 72.8 Å². The van der Waals surface area contributed by atoms with Crippen molar-refractivity contribution < 1.29 is 4.39 Å². The first kappa shape index (κ1) is 9.02. The van der Waals surface area contributed by atoms with Gasteiger partial charge in [-0.25, -0.2) is 4.39 Å². The highest BCUT2D eigenvalue weighted by Crippen LogP contribution is 2.22. The number of hydrogen-bond donors (Lipinski definition) is 0. The van der Waals surface area contributed by atoms with Crippen LogP contribution < -0.4 is 0 Å². The van der Waals surface area contributed by atoms with Gasteiger partial charge in [0.25, 0.3) is 0 Å². The summed E-state index contributed by atoms with van der Waals surface area (Å²) < 4.78 is 13.2. The van der Waals surface area contributed by atoms with Crippen molar-refractivity contribution in [1.29, 1.82) is 0 Å². The third-order valence-corrected chi connectivity index (χ3v) is 1.99. The Hall–Kier alpha value is -1.07. The predicted molar refractivity (Wildman–Crippen MR) is 49.5 cm³/mol. The quantitative estimate of drug-likeness (QED) is 0.518.